The Hall–Kier alpha value is -6.87. The van der Waals surface area contributed by atoms with E-state index in [1.165, 1.54) is 24.8 Å². The lowest BCUT2D eigenvalue weighted by atomic mass is 9.72. The monoisotopic (exact) mass is 899 g/mol. The quantitative estimate of drug-likeness (QED) is 0.121. The minimum atomic E-state index is -0.706. The number of carboxylic acid groups (broad SMARTS) is 1. The third kappa shape index (κ3) is 12.1. The number of pyridine rings is 2. The summed E-state index contributed by atoms with van der Waals surface area (Å²) in [6.07, 6.45) is 13.5. The highest BCUT2D eigenvalue weighted by Gasteiger charge is 2.35. The number of carbonyl (C=O) groups excluding carboxylic acids is 1. The third-order valence-corrected chi connectivity index (χ3v) is 13.5. The van der Waals surface area contributed by atoms with Crippen LogP contribution in [0.15, 0.2) is 139 Å². The van der Waals surface area contributed by atoms with E-state index in [9.17, 15) is 19.6 Å². The molecule has 2 fully saturated rings. The molecule has 0 amide bonds. The Kier molecular flexibility index (Phi) is 16.5. The van der Waals surface area contributed by atoms with E-state index in [0.717, 1.165) is 86.2 Å². The van der Waals surface area contributed by atoms with Crippen LogP contribution < -0.4 is 20.8 Å². The summed E-state index contributed by atoms with van der Waals surface area (Å²) in [6, 6.07) is 40.7. The number of piperidine rings is 1. The Labute approximate surface area is 393 Å². The molecule has 1 unspecified atom stereocenters. The summed E-state index contributed by atoms with van der Waals surface area (Å²) in [5.41, 5.74) is 12.6. The number of Topliss-reactive ketones (excluding diaryl/α,β-unsaturated/α-hetero) is 1. The first-order valence-electron chi connectivity index (χ1n) is 23.3. The summed E-state index contributed by atoms with van der Waals surface area (Å²) in [4.78, 5) is 43.7. The molecule has 67 heavy (non-hydrogen) atoms. The normalized spacial score (nSPS) is 16.6. The average molecular weight is 900 g/mol. The van der Waals surface area contributed by atoms with Gasteiger partial charge in [0.15, 0.2) is 17.3 Å². The number of rotatable bonds is 12. The second-order valence-corrected chi connectivity index (χ2v) is 17.9. The number of methoxy groups -OCH3 is 2. The van der Waals surface area contributed by atoms with Gasteiger partial charge in [0.1, 0.15) is 0 Å². The van der Waals surface area contributed by atoms with E-state index >= 15 is 0 Å². The van der Waals surface area contributed by atoms with Crippen LogP contribution in [0.5, 0.6) is 11.5 Å². The molecule has 0 spiro atoms. The zero-order valence-electron chi connectivity index (χ0n) is 38.6. The summed E-state index contributed by atoms with van der Waals surface area (Å²) >= 11 is 0. The number of hydrogen-bond acceptors (Lipinski definition) is 9. The van der Waals surface area contributed by atoms with E-state index in [4.69, 9.17) is 20.3 Å². The molecule has 2 aromatic heterocycles. The Balaban J connectivity index is 0.000000161. The predicted molar refractivity (Wildman–Crippen MR) is 262 cm³/mol. The third-order valence-electron chi connectivity index (χ3n) is 13.5. The highest BCUT2D eigenvalue weighted by molar-refractivity contribution is 6.03. The van der Waals surface area contributed by atoms with Crippen LogP contribution in [0.25, 0.3) is 28.1 Å². The van der Waals surface area contributed by atoms with E-state index in [2.05, 4.69) is 46.3 Å². The molecule has 3 aliphatic rings. The van der Waals surface area contributed by atoms with Gasteiger partial charge in [-0.2, -0.15) is 5.26 Å². The predicted octanol–water partition coefficient (Wildman–Crippen LogP) is 10.2. The number of aromatic nitrogens is 2. The summed E-state index contributed by atoms with van der Waals surface area (Å²) in [5.74, 6) is 1.68. The number of hydrogen-bond donors (Lipinski definition) is 2. The van der Waals surface area contributed by atoms with Crippen LogP contribution in [0.4, 0.5) is 0 Å². The van der Waals surface area contributed by atoms with Crippen LogP contribution in [0.1, 0.15) is 84.8 Å². The van der Waals surface area contributed by atoms with Crippen molar-refractivity contribution in [1.82, 2.24) is 14.5 Å². The van der Waals surface area contributed by atoms with Crippen LogP contribution in [-0.2, 0) is 17.8 Å². The highest BCUT2D eigenvalue weighted by atomic mass is 16.5. The lowest BCUT2D eigenvalue weighted by Crippen LogP contribution is -2.34. The maximum Gasteiger partial charge on any atom is 0.303 e. The molecule has 1 saturated heterocycles. The molecule has 1 atom stereocenters. The van der Waals surface area contributed by atoms with E-state index in [0.29, 0.717) is 40.7 Å². The summed E-state index contributed by atoms with van der Waals surface area (Å²) < 4.78 is 12.4. The molecule has 0 radical (unpaired) electrons. The molecule has 4 aromatic carbocycles. The van der Waals surface area contributed by atoms with Crippen LogP contribution in [-0.4, -0.2) is 65.2 Å². The first-order valence-corrected chi connectivity index (χ1v) is 23.3. The van der Waals surface area contributed by atoms with Crippen LogP contribution >= 0.6 is 0 Å². The molecule has 1 aliphatic heterocycles. The molecular formula is C56H61N5O6. The molecule has 346 valence electrons. The molecule has 9 rings (SSSR count). The van der Waals surface area contributed by atoms with Gasteiger partial charge in [-0.3, -0.25) is 28.8 Å². The van der Waals surface area contributed by atoms with Gasteiger partial charge in [-0.15, -0.1) is 0 Å². The molecular weight excluding hydrogens is 839 g/mol. The maximum atomic E-state index is 13.3. The SMILES string of the molecule is COc1cc2c(cc1OC)C(=O)C(CC1CCN(Cc3ccccc3)CC1)C2.N#Cc1ccccc1-c1cc(-c2ccccn2)cn(-c2ccccc2)c1=O.NCC1(CC(=O)O)CCCCC1. The van der Waals surface area contributed by atoms with Gasteiger partial charge in [0, 0.05) is 52.8 Å². The van der Waals surface area contributed by atoms with Crippen molar-refractivity contribution in [3.8, 4) is 45.6 Å². The Morgan fingerprint density at radius 2 is 1.48 bits per heavy atom. The maximum absolute atomic E-state index is 13.3. The Morgan fingerprint density at radius 1 is 0.821 bits per heavy atom. The fourth-order valence-corrected chi connectivity index (χ4v) is 9.83. The summed E-state index contributed by atoms with van der Waals surface area (Å²) in [6.45, 7) is 3.80. The van der Waals surface area contributed by atoms with E-state index < -0.39 is 5.97 Å². The number of ether oxygens (including phenoxy) is 2. The Morgan fingerprint density at radius 3 is 2.12 bits per heavy atom. The molecule has 11 heteroatoms. The van der Waals surface area contributed by atoms with Crippen LogP contribution in [0.3, 0.4) is 0 Å². The second kappa shape index (κ2) is 23.0. The number of carboxylic acids is 1. The average Bonchev–Trinajstić information content (AvgIpc) is 3.67. The first-order chi connectivity index (χ1) is 32.6. The van der Waals surface area contributed by atoms with Gasteiger partial charge in [-0.25, -0.2) is 0 Å². The standard InChI is InChI=1S/C24H29NO3.C23H15N3O.C9H17NO2/c1-27-22-14-19-13-20(24(26)21(19)15-23(22)28-2)12-17-8-10-25(11-9-17)16-18-6-4-3-5-7-18;24-15-17-8-4-5-11-20(17)21-14-18(22-12-6-7-13-25-22)16-26(23(21)27)19-9-2-1-3-10-19;10-7-9(6-8(11)12)4-2-1-3-5-9/h3-7,14-15,17,20H,8-13,16H2,1-2H3;1-14,16H;1-7,10H2,(H,11,12). The number of nitrogens with two attached hydrogens (primary N) is 1. The van der Waals surface area contributed by atoms with Crippen molar-refractivity contribution < 1.29 is 24.2 Å². The number of likely N-dealkylation sites (tertiary alicyclic amines) is 1. The van der Waals surface area contributed by atoms with Crippen molar-refractivity contribution in [2.75, 3.05) is 33.9 Å². The lowest BCUT2D eigenvalue weighted by Gasteiger charge is -2.34. The van der Waals surface area contributed by atoms with Gasteiger partial charge in [-0.1, -0.05) is 92.1 Å². The number of para-hydroxylation sites is 1. The number of nitrogens with zero attached hydrogens (tertiary/aromatic N) is 4. The van der Waals surface area contributed by atoms with Gasteiger partial charge in [0.05, 0.1) is 38.0 Å². The number of ketones is 1. The molecule has 3 heterocycles. The number of carbonyl (C=O) groups is 2. The molecule has 2 aliphatic carbocycles. The molecule has 6 aromatic rings. The number of nitriles is 1. The van der Waals surface area contributed by atoms with Crippen molar-refractivity contribution >= 4 is 11.8 Å². The largest absolute Gasteiger partial charge is 0.493 e. The highest BCUT2D eigenvalue weighted by Crippen LogP contribution is 2.40. The van der Waals surface area contributed by atoms with Crippen LogP contribution in [0, 0.1) is 28.6 Å². The minimum Gasteiger partial charge on any atom is -0.493 e. The van der Waals surface area contributed by atoms with Gasteiger partial charge in [-0.05, 0) is 129 Å². The van der Waals surface area contributed by atoms with E-state index in [1.54, 1.807) is 55.4 Å². The second-order valence-electron chi connectivity index (χ2n) is 17.9. The zero-order chi connectivity index (χ0) is 47.2. The van der Waals surface area contributed by atoms with Gasteiger partial charge < -0.3 is 20.3 Å². The van der Waals surface area contributed by atoms with Crippen molar-refractivity contribution in [2.45, 2.75) is 70.8 Å². The number of fused-ring (bicyclic) bond motifs is 1. The van der Waals surface area contributed by atoms with Crippen molar-refractivity contribution in [1.29, 1.82) is 5.26 Å². The zero-order valence-corrected chi connectivity index (χ0v) is 38.6. The molecule has 0 bridgehead atoms. The topological polar surface area (TPSA) is 161 Å². The van der Waals surface area contributed by atoms with E-state index in [-0.39, 0.29) is 29.1 Å². The smallest absolute Gasteiger partial charge is 0.303 e. The van der Waals surface area contributed by atoms with Crippen molar-refractivity contribution in [2.24, 2.45) is 23.0 Å². The summed E-state index contributed by atoms with van der Waals surface area (Å²) in [7, 11) is 3.26. The first kappa shape index (κ1) is 48.1. The lowest BCUT2D eigenvalue weighted by molar-refractivity contribution is -0.140. The van der Waals surface area contributed by atoms with Gasteiger partial charge >= 0.3 is 5.97 Å². The number of benzene rings is 4. The summed E-state index contributed by atoms with van der Waals surface area (Å²) in [5, 5.41) is 18.2. The molecule has 3 N–H and O–H groups in total. The number of aliphatic carboxylic acids is 1. The van der Waals surface area contributed by atoms with Crippen LogP contribution in [0.2, 0.25) is 0 Å². The van der Waals surface area contributed by atoms with Gasteiger partial charge in [0.25, 0.3) is 5.56 Å². The molecule has 1 saturated carbocycles. The van der Waals surface area contributed by atoms with Gasteiger partial charge in [0.2, 0.25) is 0 Å². The fourth-order valence-electron chi connectivity index (χ4n) is 9.83. The Bertz CT molecular complexity index is 2690. The van der Waals surface area contributed by atoms with E-state index in [1.807, 2.05) is 66.7 Å². The van der Waals surface area contributed by atoms with Crippen molar-refractivity contribution in [3.05, 3.63) is 166 Å². The van der Waals surface area contributed by atoms with Crippen molar-refractivity contribution in [3.63, 3.8) is 0 Å². The fraction of sp³-hybridized carbons (Fsp3) is 0.339. The minimum absolute atomic E-state index is 0.0793. The molecule has 11 nitrogen and oxygen atoms in total.